The Hall–Kier alpha value is -1.30. The second-order valence-corrected chi connectivity index (χ2v) is 7.67. The second-order valence-electron chi connectivity index (χ2n) is 7.67. The Morgan fingerprint density at radius 1 is 1.32 bits per heavy atom. The van der Waals surface area contributed by atoms with Crippen molar-refractivity contribution < 1.29 is 10.2 Å². The van der Waals surface area contributed by atoms with Gasteiger partial charge in [-0.25, -0.2) is 0 Å². The molecule has 0 heterocycles. The average molecular weight is 302 g/mol. The van der Waals surface area contributed by atoms with Crippen LogP contribution in [0.15, 0.2) is 36.5 Å². The molecule has 1 fully saturated rings. The minimum Gasteiger partial charge on any atom is -0.392 e. The molecule has 0 aliphatic heterocycles. The lowest BCUT2D eigenvalue weighted by Crippen LogP contribution is -2.41. The Kier molecular flexibility index (Phi) is 5.84. The lowest BCUT2D eigenvalue weighted by Gasteiger charge is -2.42. The van der Waals surface area contributed by atoms with Gasteiger partial charge in [0.15, 0.2) is 0 Å². The summed E-state index contributed by atoms with van der Waals surface area (Å²) in [6.45, 7) is 13.6. The standard InChI is InChI=1S/C20H30O2/c1-7-16(2)9-8-10-20(6,22)14-13-19(5)12-11-18(3,4)15-17(19)21/h7-10,17,21-22H,1,11-12,15H2,2-6H3/b10-8+,16-9+. The van der Waals surface area contributed by atoms with Gasteiger partial charge in [-0.15, -0.1) is 0 Å². The van der Waals surface area contributed by atoms with E-state index < -0.39 is 17.1 Å². The largest absolute Gasteiger partial charge is 0.392 e. The second kappa shape index (κ2) is 6.86. The third-order valence-corrected chi connectivity index (χ3v) is 4.51. The van der Waals surface area contributed by atoms with Crippen molar-refractivity contribution in [1.29, 1.82) is 0 Å². The van der Waals surface area contributed by atoms with E-state index in [1.54, 1.807) is 25.2 Å². The maximum Gasteiger partial charge on any atom is 0.141 e. The molecule has 22 heavy (non-hydrogen) atoms. The molecule has 122 valence electrons. The molecule has 0 aromatic rings. The summed E-state index contributed by atoms with van der Waals surface area (Å²) in [7, 11) is 0. The van der Waals surface area contributed by atoms with E-state index >= 15 is 0 Å². The Labute approximate surface area is 135 Å². The van der Waals surface area contributed by atoms with Crippen molar-refractivity contribution in [2.24, 2.45) is 10.8 Å². The Bertz CT molecular complexity index is 526. The SMILES string of the molecule is C=C/C(C)=C/C=C/C(C)(O)C#CC1(C)CCC(C)(C)CC1O. The zero-order valence-corrected chi connectivity index (χ0v) is 14.6. The van der Waals surface area contributed by atoms with Crippen LogP contribution in [0.1, 0.15) is 53.9 Å². The first-order chi connectivity index (χ1) is 10.00. The van der Waals surface area contributed by atoms with Crippen LogP contribution in [0.4, 0.5) is 0 Å². The number of hydrogen-bond acceptors (Lipinski definition) is 2. The topological polar surface area (TPSA) is 40.5 Å². The molecular weight excluding hydrogens is 272 g/mol. The van der Waals surface area contributed by atoms with Gasteiger partial charge in [0.1, 0.15) is 5.60 Å². The minimum absolute atomic E-state index is 0.163. The molecule has 0 amide bonds. The summed E-state index contributed by atoms with van der Waals surface area (Å²) in [4.78, 5) is 0. The molecule has 2 N–H and O–H groups in total. The third kappa shape index (κ3) is 5.48. The van der Waals surface area contributed by atoms with Crippen LogP contribution >= 0.6 is 0 Å². The molecule has 2 nitrogen and oxygen atoms in total. The summed E-state index contributed by atoms with van der Waals surface area (Å²) < 4.78 is 0. The first kappa shape index (κ1) is 18.7. The van der Waals surface area contributed by atoms with E-state index in [-0.39, 0.29) is 5.41 Å². The van der Waals surface area contributed by atoms with Gasteiger partial charge >= 0.3 is 0 Å². The fourth-order valence-electron chi connectivity index (χ4n) is 2.53. The van der Waals surface area contributed by atoms with Gasteiger partial charge in [0, 0.05) is 0 Å². The van der Waals surface area contributed by atoms with Crippen LogP contribution in [0.25, 0.3) is 0 Å². The number of allylic oxidation sites excluding steroid dienone is 4. The average Bonchev–Trinajstić information content (AvgIpc) is 2.41. The van der Waals surface area contributed by atoms with Crippen molar-refractivity contribution in [1.82, 2.24) is 0 Å². The van der Waals surface area contributed by atoms with E-state index in [1.807, 2.05) is 19.9 Å². The number of aliphatic hydroxyl groups excluding tert-OH is 1. The van der Waals surface area contributed by atoms with E-state index in [0.717, 1.165) is 24.8 Å². The molecule has 0 spiro atoms. The summed E-state index contributed by atoms with van der Waals surface area (Å²) in [5.41, 5.74) is -0.457. The Balaban J connectivity index is 2.85. The van der Waals surface area contributed by atoms with Crippen molar-refractivity contribution in [3.8, 4) is 11.8 Å². The van der Waals surface area contributed by atoms with E-state index in [1.165, 1.54) is 0 Å². The van der Waals surface area contributed by atoms with Gasteiger partial charge in [0.2, 0.25) is 0 Å². The van der Waals surface area contributed by atoms with E-state index in [4.69, 9.17) is 0 Å². The van der Waals surface area contributed by atoms with Crippen LogP contribution in [0.2, 0.25) is 0 Å². The normalized spacial score (nSPS) is 31.2. The molecular formula is C20H30O2. The van der Waals surface area contributed by atoms with Crippen molar-refractivity contribution in [2.45, 2.75) is 65.6 Å². The summed E-state index contributed by atoms with van der Waals surface area (Å²) >= 11 is 0. The fourth-order valence-corrected chi connectivity index (χ4v) is 2.53. The molecule has 3 atom stereocenters. The van der Waals surface area contributed by atoms with Gasteiger partial charge in [0.05, 0.1) is 11.5 Å². The van der Waals surface area contributed by atoms with Crippen LogP contribution in [-0.2, 0) is 0 Å². The number of hydrogen-bond donors (Lipinski definition) is 2. The first-order valence-corrected chi connectivity index (χ1v) is 7.93. The van der Waals surface area contributed by atoms with Crippen LogP contribution in [-0.4, -0.2) is 21.9 Å². The smallest absolute Gasteiger partial charge is 0.141 e. The molecule has 0 radical (unpaired) electrons. The molecule has 0 bridgehead atoms. The summed E-state index contributed by atoms with van der Waals surface area (Å²) in [6.07, 6.45) is 9.26. The Morgan fingerprint density at radius 2 is 1.95 bits per heavy atom. The fraction of sp³-hybridized carbons (Fsp3) is 0.600. The van der Waals surface area contributed by atoms with Crippen molar-refractivity contribution in [3.05, 3.63) is 36.5 Å². The summed E-state index contributed by atoms with van der Waals surface area (Å²) in [6, 6.07) is 0. The van der Waals surface area contributed by atoms with Crippen LogP contribution in [0.3, 0.4) is 0 Å². The maximum atomic E-state index is 10.4. The quantitative estimate of drug-likeness (QED) is 0.611. The monoisotopic (exact) mass is 302 g/mol. The van der Waals surface area contributed by atoms with Gasteiger partial charge < -0.3 is 10.2 Å². The highest BCUT2D eigenvalue weighted by atomic mass is 16.3. The maximum absolute atomic E-state index is 10.4. The van der Waals surface area contributed by atoms with Crippen LogP contribution in [0, 0.1) is 22.7 Å². The van der Waals surface area contributed by atoms with E-state index in [2.05, 4.69) is 32.3 Å². The highest BCUT2D eigenvalue weighted by Gasteiger charge is 2.41. The number of aliphatic hydroxyl groups is 2. The first-order valence-electron chi connectivity index (χ1n) is 7.93. The van der Waals surface area contributed by atoms with Crippen molar-refractivity contribution in [2.75, 3.05) is 0 Å². The van der Waals surface area contributed by atoms with Crippen LogP contribution < -0.4 is 0 Å². The molecule has 1 aliphatic carbocycles. The molecule has 0 aromatic heterocycles. The lowest BCUT2D eigenvalue weighted by atomic mass is 9.64. The van der Waals surface area contributed by atoms with E-state index in [9.17, 15) is 10.2 Å². The molecule has 3 unspecified atom stereocenters. The predicted octanol–water partition coefficient (Wildman–Crippen LogP) is 4.01. The highest BCUT2D eigenvalue weighted by Crippen LogP contribution is 2.44. The lowest BCUT2D eigenvalue weighted by molar-refractivity contribution is -0.0112. The molecule has 0 aromatic carbocycles. The molecule has 1 saturated carbocycles. The van der Waals surface area contributed by atoms with Crippen molar-refractivity contribution >= 4 is 0 Å². The van der Waals surface area contributed by atoms with Gasteiger partial charge in [-0.3, -0.25) is 0 Å². The zero-order chi connectivity index (χ0) is 17.0. The van der Waals surface area contributed by atoms with Gasteiger partial charge in [-0.2, -0.15) is 0 Å². The molecule has 1 rings (SSSR count). The van der Waals surface area contributed by atoms with E-state index in [0.29, 0.717) is 0 Å². The number of rotatable bonds is 3. The van der Waals surface area contributed by atoms with Gasteiger partial charge in [0.25, 0.3) is 0 Å². The Morgan fingerprint density at radius 3 is 2.50 bits per heavy atom. The minimum atomic E-state index is -1.20. The summed E-state index contributed by atoms with van der Waals surface area (Å²) in [5, 5.41) is 20.8. The van der Waals surface area contributed by atoms with Crippen LogP contribution in [0.5, 0.6) is 0 Å². The summed E-state index contributed by atoms with van der Waals surface area (Å²) in [5.74, 6) is 6.06. The van der Waals surface area contributed by atoms with Gasteiger partial charge in [-0.05, 0) is 51.5 Å². The zero-order valence-electron chi connectivity index (χ0n) is 14.6. The molecule has 0 saturated heterocycles. The predicted molar refractivity (Wildman–Crippen MR) is 93.2 cm³/mol. The van der Waals surface area contributed by atoms with Crippen molar-refractivity contribution in [3.63, 3.8) is 0 Å². The third-order valence-electron chi connectivity index (χ3n) is 4.51. The molecule has 1 aliphatic rings. The molecule has 2 heteroatoms. The highest BCUT2D eigenvalue weighted by molar-refractivity contribution is 5.29. The van der Waals surface area contributed by atoms with Gasteiger partial charge in [-0.1, -0.05) is 56.1 Å².